The van der Waals surface area contributed by atoms with E-state index in [0.29, 0.717) is 12.4 Å². The van der Waals surface area contributed by atoms with Gasteiger partial charge in [-0.05, 0) is 13.1 Å². The first kappa shape index (κ1) is 14.1. The SMILES string of the molecule is CN1CCN(C(=O)N2CC[C@H](Oc3ccccn3)C2)CC1. The Morgan fingerprint density at radius 3 is 2.71 bits per heavy atom. The number of carbonyl (C=O) groups excluding carboxylic acids is 1. The molecule has 2 saturated heterocycles. The summed E-state index contributed by atoms with van der Waals surface area (Å²) in [6, 6.07) is 5.77. The molecule has 2 fully saturated rings. The van der Waals surface area contributed by atoms with Gasteiger partial charge in [-0.25, -0.2) is 9.78 Å². The van der Waals surface area contributed by atoms with E-state index in [9.17, 15) is 4.79 Å². The van der Waals surface area contributed by atoms with E-state index in [1.54, 1.807) is 6.20 Å². The summed E-state index contributed by atoms with van der Waals surface area (Å²) < 4.78 is 5.83. The summed E-state index contributed by atoms with van der Waals surface area (Å²) in [6.45, 7) is 4.96. The summed E-state index contributed by atoms with van der Waals surface area (Å²) in [5.74, 6) is 0.636. The molecule has 1 atom stereocenters. The number of nitrogens with zero attached hydrogens (tertiary/aromatic N) is 4. The van der Waals surface area contributed by atoms with Crippen LogP contribution >= 0.6 is 0 Å². The highest BCUT2D eigenvalue weighted by molar-refractivity contribution is 5.75. The standard InChI is InChI=1S/C15H22N4O2/c1-17-8-10-18(11-9-17)15(20)19-7-5-13(12-19)21-14-4-2-3-6-16-14/h2-4,6,13H,5,7-12H2,1H3/t13-/m0/s1. The lowest BCUT2D eigenvalue weighted by atomic mass is 10.3. The van der Waals surface area contributed by atoms with Crippen LogP contribution in [-0.4, -0.2) is 78.1 Å². The third-order valence-electron chi connectivity index (χ3n) is 4.11. The molecular weight excluding hydrogens is 268 g/mol. The van der Waals surface area contributed by atoms with Crippen LogP contribution in [0.25, 0.3) is 0 Å². The molecule has 3 heterocycles. The Balaban J connectivity index is 1.51. The van der Waals surface area contributed by atoms with Gasteiger partial charge < -0.3 is 19.4 Å². The van der Waals surface area contributed by atoms with Crippen LogP contribution in [0.4, 0.5) is 4.79 Å². The maximum absolute atomic E-state index is 12.5. The number of likely N-dealkylation sites (tertiary alicyclic amines) is 1. The fourth-order valence-corrected chi connectivity index (χ4v) is 2.78. The van der Waals surface area contributed by atoms with Crippen molar-refractivity contribution >= 4 is 6.03 Å². The van der Waals surface area contributed by atoms with Gasteiger partial charge in [0.05, 0.1) is 6.54 Å². The van der Waals surface area contributed by atoms with E-state index < -0.39 is 0 Å². The third-order valence-corrected chi connectivity index (χ3v) is 4.11. The van der Waals surface area contributed by atoms with Crippen molar-refractivity contribution in [1.29, 1.82) is 0 Å². The smallest absolute Gasteiger partial charge is 0.320 e. The fraction of sp³-hybridized carbons (Fsp3) is 0.600. The van der Waals surface area contributed by atoms with Gasteiger partial charge in [-0.3, -0.25) is 0 Å². The van der Waals surface area contributed by atoms with Gasteiger partial charge in [0.2, 0.25) is 5.88 Å². The molecule has 0 saturated carbocycles. The number of aromatic nitrogens is 1. The zero-order valence-electron chi connectivity index (χ0n) is 12.4. The number of rotatable bonds is 2. The molecule has 0 bridgehead atoms. The highest BCUT2D eigenvalue weighted by Crippen LogP contribution is 2.18. The summed E-state index contributed by atoms with van der Waals surface area (Å²) >= 11 is 0. The zero-order valence-corrected chi connectivity index (χ0v) is 12.4. The van der Waals surface area contributed by atoms with Crippen molar-refractivity contribution in [2.75, 3.05) is 46.3 Å². The predicted molar refractivity (Wildman–Crippen MR) is 79.3 cm³/mol. The lowest BCUT2D eigenvalue weighted by Gasteiger charge is -2.34. The maximum Gasteiger partial charge on any atom is 0.320 e. The number of pyridine rings is 1. The van der Waals surface area contributed by atoms with Crippen LogP contribution < -0.4 is 4.74 Å². The first-order valence-electron chi connectivity index (χ1n) is 7.52. The first-order valence-corrected chi connectivity index (χ1v) is 7.52. The molecule has 0 spiro atoms. The predicted octanol–water partition coefficient (Wildman–Crippen LogP) is 0.902. The summed E-state index contributed by atoms with van der Waals surface area (Å²) in [5.41, 5.74) is 0. The molecule has 114 valence electrons. The number of ether oxygens (including phenoxy) is 1. The summed E-state index contributed by atoms with van der Waals surface area (Å²) in [7, 11) is 2.09. The van der Waals surface area contributed by atoms with Gasteiger partial charge in [-0.1, -0.05) is 6.07 Å². The Bertz CT molecular complexity index is 474. The fourth-order valence-electron chi connectivity index (χ4n) is 2.78. The molecule has 6 heteroatoms. The Hall–Kier alpha value is -1.82. The molecule has 2 aliphatic rings. The molecule has 21 heavy (non-hydrogen) atoms. The van der Waals surface area contributed by atoms with Crippen LogP contribution in [-0.2, 0) is 0 Å². The van der Waals surface area contributed by atoms with Crippen molar-refractivity contribution in [3.05, 3.63) is 24.4 Å². The number of likely N-dealkylation sites (N-methyl/N-ethyl adjacent to an activating group) is 1. The normalized spacial score (nSPS) is 23.4. The van der Waals surface area contributed by atoms with Gasteiger partial charge in [-0.15, -0.1) is 0 Å². The first-order chi connectivity index (χ1) is 10.2. The second kappa shape index (κ2) is 6.30. The monoisotopic (exact) mass is 290 g/mol. The van der Waals surface area contributed by atoms with Gasteiger partial charge in [-0.2, -0.15) is 0 Å². The van der Waals surface area contributed by atoms with Crippen molar-refractivity contribution in [2.24, 2.45) is 0 Å². The minimum absolute atomic E-state index is 0.0521. The largest absolute Gasteiger partial charge is 0.472 e. The van der Waals surface area contributed by atoms with Crippen LogP contribution in [0, 0.1) is 0 Å². The molecule has 0 aromatic carbocycles. The minimum atomic E-state index is 0.0521. The van der Waals surface area contributed by atoms with Gasteiger partial charge in [0.15, 0.2) is 0 Å². The topological polar surface area (TPSA) is 48.9 Å². The molecule has 0 N–H and O–H groups in total. The number of carbonyl (C=O) groups is 1. The van der Waals surface area contributed by atoms with E-state index in [1.165, 1.54) is 0 Å². The van der Waals surface area contributed by atoms with Crippen molar-refractivity contribution in [2.45, 2.75) is 12.5 Å². The Morgan fingerprint density at radius 2 is 2.00 bits per heavy atom. The lowest BCUT2D eigenvalue weighted by Crippen LogP contribution is -2.51. The molecule has 3 rings (SSSR count). The van der Waals surface area contributed by atoms with Gasteiger partial charge in [0.25, 0.3) is 0 Å². The number of piperazine rings is 1. The quantitative estimate of drug-likeness (QED) is 0.812. The molecule has 0 aliphatic carbocycles. The Kier molecular flexibility index (Phi) is 4.24. The average molecular weight is 290 g/mol. The van der Waals surface area contributed by atoms with Crippen LogP contribution in [0.3, 0.4) is 0 Å². The van der Waals surface area contributed by atoms with E-state index in [-0.39, 0.29) is 12.1 Å². The van der Waals surface area contributed by atoms with Crippen LogP contribution in [0.5, 0.6) is 5.88 Å². The average Bonchev–Trinajstić information content (AvgIpc) is 2.97. The highest BCUT2D eigenvalue weighted by Gasteiger charge is 2.31. The third kappa shape index (κ3) is 3.44. The van der Waals surface area contributed by atoms with Gasteiger partial charge >= 0.3 is 6.03 Å². The number of amides is 2. The van der Waals surface area contributed by atoms with E-state index in [1.807, 2.05) is 28.0 Å². The number of hydrogen-bond donors (Lipinski definition) is 0. The minimum Gasteiger partial charge on any atom is -0.472 e. The van der Waals surface area contributed by atoms with Crippen molar-refractivity contribution in [1.82, 2.24) is 19.7 Å². The number of urea groups is 1. The van der Waals surface area contributed by atoms with E-state index in [0.717, 1.165) is 39.1 Å². The summed E-state index contributed by atoms with van der Waals surface area (Å²) in [6.07, 6.45) is 2.64. The molecule has 6 nitrogen and oxygen atoms in total. The summed E-state index contributed by atoms with van der Waals surface area (Å²) in [4.78, 5) is 22.7. The maximum atomic E-state index is 12.5. The van der Waals surface area contributed by atoms with Crippen molar-refractivity contribution < 1.29 is 9.53 Å². The molecule has 2 aliphatic heterocycles. The van der Waals surface area contributed by atoms with Crippen molar-refractivity contribution in [3.8, 4) is 5.88 Å². The second-order valence-electron chi connectivity index (χ2n) is 5.72. The zero-order chi connectivity index (χ0) is 14.7. The lowest BCUT2D eigenvalue weighted by molar-refractivity contribution is 0.123. The van der Waals surface area contributed by atoms with E-state index >= 15 is 0 Å². The van der Waals surface area contributed by atoms with Gasteiger partial charge in [0, 0.05) is 51.4 Å². The van der Waals surface area contributed by atoms with E-state index in [2.05, 4.69) is 16.9 Å². The van der Waals surface area contributed by atoms with Crippen LogP contribution in [0.2, 0.25) is 0 Å². The second-order valence-corrected chi connectivity index (χ2v) is 5.72. The Labute approximate surface area is 125 Å². The molecular formula is C15H22N4O2. The Morgan fingerprint density at radius 1 is 1.19 bits per heavy atom. The molecule has 2 amide bonds. The van der Waals surface area contributed by atoms with E-state index in [4.69, 9.17) is 4.74 Å². The molecule has 1 aromatic heterocycles. The van der Waals surface area contributed by atoms with Crippen LogP contribution in [0.1, 0.15) is 6.42 Å². The van der Waals surface area contributed by atoms with Crippen LogP contribution in [0.15, 0.2) is 24.4 Å². The highest BCUT2D eigenvalue weighted by atomic mass is 16.5. The van der Waals surface area contributed by atoms with Crippen molar-refractivity contribution in [3.63, 3.8) is 0 Å². The molecule has 0 unspecified atom stereocenters. The summed E-state index contributed by atoms with van der Waals surface area (Å²) in [5, 5.41) is 0. The molecule has 1 aromatic rings. The number of hydrogen-bond acceptors (Lipinski definition) is 4. The molecule has 0 radical (unpaired) electrons. The van der Waals surface area contributed by atoms with Gasteiger partial charge in [0.1, 0.15) is 6.10 Å².